The Morgan fingerprint density at radius 3 is 2.39 bits per heavy atom. The van der Waals surface area contributed by atoms with Gasteiger partial charge in [0.2, 0.25) is 17.7 Å². The van der Waals surface area contributed by atoms with Crippen LogP contribution in [0.4, 0.5) is 10.5 Å². The highest BCUT2D eigenvalue weighted by atomic mass is 16.2. The minimum atomic E-state index is -0.740. The molecule has 1 aromatic rings. The van der Waals surface area contributed by atoms with Crippen LogP contribution in [0, 0.1) is 0 Å². The van der Waals surface area contributed by atoms with Crippen LogP contribution in [0.25, 0.3) is 0 Å². The number of imide groups is 2. The summed E-state index contributed by atoms with van der Waals surface area (Å²) in [6.45, 7) is 2.14. The predicted octanol–water partition coefficient (Wildman–Crippen LogP) is 2.35. The molecule has 1 unspecified atom stereocenters. The van der Waals surface area contributed by atoms with Crippen LogP contribution in [0.1, 0.15) is 70.3 Å². The molecule has 176 valence electrons. The zero-order valence-electron chi connectivity index (χ0n) is 18.9. The molecule has 33 heavy (non-hydrogen) atoms. The van der Waals surface area contributed by atoms with Crippen molar-refractivity contribution in [1.82, 2.24) is 15.5 Å². The van der Waals surface area contributed by atoms with E-state index in [-0.39, 0.29) is 42.6 Å². The topological polar surface area (TPSA) is 125 Å². The molecule has 2 saturated heterocycles. The van der Waals surface area contributed by atoms with Crippen LogP contribution in [0.3, 0.4) is 0 Å². The molecule has 1 atom stereocenters. The van der Waals surface area contributed by atoms with Crippen LogP contribution in [0.5, 0.6) is 0 Å². The molecule has 9 nitrogen and oxygen atoms in total. The Balaban J connectivity index is 1.29. The predicted molar refractivity (Wildman–Crippen MR) is 120 cm³/mol. The van der Waals surface area contributed by atoms with E-state index in [9.17, 15) is 24.0 Å². The van der Waals surface area contributed by atoms with Gasteiger partial charge in [0, 0.05) is 25.1 Å². The Morgan fingerprint density at radius 2 is 1.76 bits per heavy atom. The standard InChI is InChI=1S/C24H30N4O5/c1-2-23(14-11-19(30)26-20(23)31)16-7-9-17(10-8-16)25-18(29)6-5-15-28-21(32)24(27-22(28)33)12-3-4-13-24/h7-10H,2-6,11-15H2,1H3,(H,25,29)(H,27,33)(H,26,30,31). The average Bonchev–Trinajstić information content (AvgIpc) is 3.35. The molecule has 3 fully saturated rings. The quantitative estimate of drug-likeness (QED) is 0.431. The third-order valence-corrected chi connectivity index (χ3v) is 7.28. The summed E-state index contributed by atoms with van der Waals surface area (Å²) in [5.74, 6) is -0.909. The van der Waals surface area contributed by atoms with E-state index in [4.69, 9.17) is 0 Å². The smallest absolute Gasteiger partial charge is 0.325 e. The number of hydrogen-bond acceptors (Lipinski definition) is 5. The Labute approximate surface area is 192 Å². The number of anilines is 1. The van der Waals surface area contributed by atoms with E-state index in [0.29, 0.717) is 44.2 Å². The van der Waals surface area contributed by atoms with Gasteiger partial charge in [0.05, 0.1) is 5.41 Å². The van der Waals surface area contributed by atoms with E-state index < -0.39 is 11.0 Å². The molecule has 1 aromatic carbocycles. The molecule has 1 saturated carbocycles. The summed E-state index contributed by atoms with van der Waals surface area (Å²) in [6, 6.07) is 6.74. The first-order valence-corrected chi connectivity index (χ1v) is 11.7. The SMILES string of the molecule is CCC1(c2ccc(NC(=O)CCCN3C(=O)NC4(CCCC4)C3=O)cc2)CCC(=O)NC1=O. The Bertz CT molecular complexity index is 983. The molecule has 2 heterocycles. The normalized spacial score (nSPS) is 24.2. The summed E-state index contributed by atoms with van der Waals surface area (Å²) in [4.78, 5) is 62.5. The fraction of sp³-hybridized carbons (Fsp3) is 0.542. The number of benzene rings is 1. The lowest BCUT2D eigenvalue weighted by atomic mass is 9.72. The number of urea groups is 1. The molecule has 0 radical (unpaired) electrons. The molecule has 9 heteroatoms. The van der Waals surface area contributed by atoms with Gasteiger partial charge in [-0.05, 0) is 49.8 Å². The van der Waals surface area contributed by atoms with E-state index >= 15 is 0 Å². The number of rotatable bonds is 7. The molecular formula is C24H30N4O5. The van der Waals surface area contributed by atoms with Gasteiger partial charge >= 0.3 is 6.03 Å². The van der Waals surface area contributed by atoms with Crippen molar-refractivity contribution in [3.05, 3.63) is 29.8 Å². The fourth-order valence-electron chi connectivity index (χ4n) is 5.26. The number of piperidine rings is 1. The molecule has 1 aliphatic carbocycles. The van der Waals surface area contributed by atoms with Gasteiger partial charge in [0.25, 0.3) is 5.91 Å². The number of carbonyl (C=O) groups is 5. The minimum absolute atomic E-state index is 0.167. The van der Waals surface area contributed by atoms with E-state index in [0.717, 1.165) is 18.4 Å². The summed E-state index contributed by atoms with van der Waals surface area (Å²) in [7, 11) is 0. The lowest BCUT2D eigenvalue weighted by Gasteiger charge is -2.35. The lowest BCUT2D eigenvalue weighted by molar-refractivity contribution is -0.138. The van der Waals surface area contributed by atoms with Crippen molar-refractivity contribution in [1.29, 1.82) is 0 Å². The van der Waals surface area contributed by atoms with E-state index in [2.05, 4.69) is 16.0 Å². The van der Waals surface area contributed by atoms with E-state index in [1.54, 1.807) is 12.1 Å². The van der Waals surface area contributed by atoms with Crippen molar-refractivity contribution in [3.63, 3.8) is 0 Å². The van der Waals surface area contributed by atoms with Crippen LogP contribution in [-0.2, 0) is 24.6 Å². The fourth-order valence-corrected chi connectivity index (χ4v) is 5.26. The van der Waals surface area contributed by atoms with Gasteiger partial charge in [0.1, 0.15) is 5.54 Å². The van der Waals surface area contributed by atoms with Gasteiger partial charge in [-0.15, -0.1) is 0 Å². The highest BCUT2D eigenvalue weighted by Gasteiger charge is 2.52. The zero-order chi connectivity index (χ0) is 23.6. The van der Waals surface area contributed by atoms with Crippen LogP contribution < -0.4 is 16.0 Å². The van der Waals surface area contributed by atoms with Crippen LogP contribution >= 0.6 is 0 Å². The zero-order valence-corrected chi connectivity index (χ0v) is 18.9. The number of nitrogens with one attached hydrogen (secondary N) is 3. The van der Waals surface area contributed by atoms with Crippen molar-refractivity contribution in [3.8, 4) is 0 Å². The van der Waals surface area contributed by atoms with Crippen LogP contribution in [-0.4, -0.2) is 46.6 Å². The minimum Gasteiger partial charge on any atom is -0.326 e. The van der Waals surface area contributed by atoms with Gasteiger partial charge < -0.3 is 10.6 Å². The first-order chi connectivity index (χ1) is 15.8. The average molecular weight is 455 g/mol. The second-order valence-corrected chi connectivity index (χ2v) is 9.22. The third-order valence-electron chi connectivity index (χ3n) is 7.28. The van der Waals surface area contributed by atoms with E-state index in [1.165, 1.54) is 4.90 Å². The third kappa shape index (κ3) is 4.24. The van der Waals surface area contributed by atoms with Crippen molar-refractivity contribution in [2.24, 2.45) is 0 Å². The Hall–Kier alpha value is -3.23. The molecular weight excluding hydrogens is 424 g/mol. The van der Waals surface area contributed by atoms with Gasteiger partial charge in [0.15, 0.2) is 0 Å². The van der Waals surface area contributed by atoms with Gasteiger partial charge in [-0.1, -0.05) is 31.9 Å². The summed E-state index contributed by atoms with van der Waals surface area (Å²) in [5, 5.41) is 8.09. The highest BCUT2D eigenvalue weighted by molar-refractivity contribution is 6.07. The largest absolute Gasteiger partial charge is 0.326 e. The maximum atomic E-state index is 12.7. The van der Waals surface area contributed by atoms with Crippen molar-refractivity contribution in [2.75, 3.05) is 11.9 Å². The number of carbonyl (C=O) groups excluding carboxylic acids is 5. The summed E-state index contributed by atoms with van der Waals surface area (Å²) >= 11 is 0. The van der Waals surface area contributed by atoms with Gasteiger partial charge in [-0.2, -0.15) is 0 Å². The molecule has 1 spiro atoms. The molecule has 0 bridgehead atoms. The second kappa shape index (κ2) is 8.96. The maximum absolute atomic E-state index is 12.7. The summed E-state index contributed by atoms with van der Waals surface area (Å²) < 4.78 is 0. The second-order valence-electron chi connectivity index (χ2n) is 9.22. The van der Waals surface area contributed by atoms with Crippen LogP contribution in [0.15, 0.2) is 24.3 Å². The van der Waals surface area contributed by atoms with E-state index in [1.807, 2.05) is 19.1 Å². The Kier molecular flexibility index (Phi) is 6.23. The van der Waals surface area contributed by atoms with Crippen LogP contribution in [0.2, 0.25) is 0 Å². The molecule has 0 aromatic heterocycles. The monoisotopic (exact) mass is 454 g/mol. The van der Waals surface area contributed by atoms with Crippen molar-refractivity contribution in [2.45, 2.75) is 75.7 Å². The van der Waals surface area contributed by atoms with Crippen molar-refractivity contribution >= 4 is 35.3 Å². The molecule has 3 aliphatic rings. The first kappa shape index (κ1) is 22.9. The highest BCUT2D eigenvalue weighted by Crippen LogP contribution is 2.37. The molecule has 4 rings (SSSR count). The summed E-state index contributed by atoms with van der Waals surface area (Å²) in [6.07, 6.45) is 5.13. The molecule has 2 aliphatic heterocycles. The summed E-state index contributed by atoms with van der Waals surface area (Å²) in [5.41, 5.74) is -0.0512. The molecule has 6 amide bonds. The van der Waals surface area contributed by atoms with Crippen molar-refractivity contribution < 1.29 is 24.0 Å². The first-order valence-electron chi connectivity index (χ1n) is 11.7. The Morgan fingerprint density at radius 1 is 1.06 bits per heavy atom. The van der Waals surface area contributed by atoms with Gasteiger partial charge in [-0.25, -0.2) is 4.79 Å². The number of nitrogens with zero attached hydrogens (tertiary/aromatic N) is 1. The molecule has 3 N–H and O–H groups in total. The number of hydrogen-bond donors (Lipinski definition) is 3. The number of amides is 6. The van der Waals surface area contributed by atoms with Gasteiger partial charge in [-0.3, -0.25) is 29.4 Å². The maximum Gasteiger partial charge on any atom is 0.325 e. The lowest BCUT2D eigenvalue weighted by Crippen LogP contribution is -2.51.